The van der Waals surface area contributed by atoms with Gasteiger partial charge in [-0.05, 0) is 31.2 Å². The van der Waals surface area contributed by atoms with Crippen LogP contribution in [0.1, 0.15) is 5.69 Å². The van der Waals surface area contributed by atoms with Gasteiger partial charge in [-0.25, -0.2) is 0 Å². The fraction of sp³-hybridized carbons (Fsp3) is 0.200. The highest BCUT2D eigenvalue weighted by Crippen LogP contribution is 2.25. The highest BCUT2D eigenvalue weighted by atomic mass is 32.2. The average molecular weight is 346 g/mol. The number of thioether (sulfide) groups is 1. The molecule has 3 aromatic rings. The van der Waals surface area contributed by atoms with E-state index >= 15 is 0 Å². The van der Waals surface area contributed by atoms with Crippen molar-refractivity contribution in [3.05, 3.63) is 36.0 Å². The topological polar surface area (TPSA) is 103 Å². The number of aromatic nitrogens is 3. The third-order valence-electron chi connectivity index (χ3n) is 2.96. The number of amides is 1. The van der Waals surface area contributed by atoms with Gasteiger partial charge in [0.2, 0.25) is 17.7 Å². The lowest BCUT2D eigenvalue weighted by Gasteiger charge is -1.99. The van der Waals surface area contributed by atoms with E-state index in [1.165, 1.54) is 0 Å². The molecular weight excluding hydrogens is 332 g/mol. The maximum absolute atomic E-state index is 11.8. The molecule has 0 aliphatic carbocycles. The lowest BCUT2D eigenvalue weighted by atomic mass is 10.2. The second kappa shape index (κ2) is 7.18. The first kappa shape index (κ1) is 16.1. The monoisotopic (exact) mass is 346 g/mol. The smallest absolute Gasteiger partial charge is 0.277 e. The Morgan fingerprint density at radius 2 is 2.08 bits per heavy atom. The van der Waals surface area contributed by atoms with E-state index in [4.69, 9.17) is 13.7 Å². The zero-order chi connectivity index (χ0) is 16.9. The molecule has 1 amide bonds. The van der Waals surface area contributed by atoms with Crippen LogP contribution in [0.4, 0.5) is 5.88 Å². The molecule has 0 unspecified atom stereocenters. The second-order valence-corrected chi connectivity index (χ2v) is 5.70. The van der Waals surface area contributed by atoms with E-state index in [2.05, 4.69) is 20.7 Å². The third kappa shape index (κ3) is 3.93. The van der Waals surface area contributed by atoms with Crippen LogP contribution >= 0.6 is 11.8 Å². The Kier molecular flexibility index (Phi) is 4.80. The lowest BCUT2D eigenvalue weighted by molar-refractivity contribution is -0.113. The van der Waals surface area contributed by atoms with Crippen LogP contribution in [-0.2, 0) is 4.79 Å². The molecule has 0 atom stereocenters. The van der Waals surface area contributed by atoms with Crippen LogP contribution < -0.4 is 10.1 Å². The number of aryl methyl sites for hydroxylation is 1. The number of nitrogens with one attached hydrogen (secondary N) is 1. The van der Waals surface area contributed by atoms with E-state index in [-0.39, 0.29) is 11.7 Å². The molecule has 24 heavy (non-hydrogen) atoms. The van der Waals surface area contributed by atoms with Crippen molar-refractivity contribution < 1.29 is 18.5 Å². The second-order valence-electron chi connectivity index (χ2n) is 4.77. The fourth-order valence-electron chi connectivity index (χ4n) is 1.84. The van der Waals surface area contributed by atoms with Gasteiger partial charge in [0.05, 0.1) is 18.6 Å². The summed E-state index contributed by atoms with van der Waals surface area (Å²) in [6.45, 7) is 1.77. The molecule has 0 aliphatic heterocycles. The van der Waals surface area contributed by atoms with Gasteiger partial charge in [-0.15, -0.1) is 10.2 Å². The number of hydrogen-bond donors (Lipinski definition) is 1. The summed E-state index contributed by atoms with van der Waals surface area (Å²) in [5.74, 6) is 1.30. The molecule has 0 saturated heterocycles. The molecule has 2 aromatic heterocycles. The summed E-state index contributed by atoms with van der Waals surface area (Å²) in [7, 11) is 1.60. The summed E-state index contributed by atoms with van der Waals surface area (Å²) in [5.41, 5.74) is 1.47. The van der Waals surface area contributed by atoms with Crippen LogP contribution in [0.15, 0.2) is 44.5 Å². The molecule has 0 fully saturated rings. The molecule has 1 aromatic carbocycles. The van der Waals surface area contributed by atoms with Crippen molar-refractivity contribution in [1.82, 2.24) is 15.4 Å². The predicted molar refractivity (Wildman–Crippen MR) is 86.9 cm³/mol. The van der Waals surface area contributed by atoms with E-state index in [9.17, 15) is 4.79 Å². The number of carbonyl (C=O) groups is 1. The highest BCUT2D eigenvalue weighted by Gasteiger charge is 2.12. The van der Waals surface area contributed by atoms with Gasteiger partial charge in [0.15, 0.2) is 0 Å². The average Bonchev–Trinajstić information content (AvgIpc) is 3.22. The largest absolute Gasteiger partial charge is 0.497 e. The van der Waals surface area contributed by atoms with Gasteiger partial charge >= 0.3 is 0 Å². The maximum atomic E-state index is 11.8. The maximum Gasteiger partial charge on any atom is 0.277 e. The molecular formula is C15H14N4O4S. The molecule has 3 rings (SSSR count). The van der Waals surface area contributed by atoms with Crippen molar-refractivity contribution in [3.63, 3.8) is 0 Å². The number of carbonyl (C=O) groups excluding carboxylic acids is 1. The Bertz CT molecular complexity index is 828. The molecule has 0 bridgehead atoms. The number of ether oxygens (including phenoxy) is 1. The van der Waals surface area contributed by atoms with E-state index in [0.717, 1.165) is 23.1 Å². The van der Waals surface area contributed by atoms with E-state index in [1.54, 1.807) is 32.2 Å². The van der Waals surface area contributed by atoms with Gasteiger partial charge in [0.25, 0.3) is 5.22 Å². The SMILES string of the molecule is COc1ccc(-c2nnc(SCC(=O)Nc3cc(C)no3)o2)cc1. The first-order valence-electron chi connectivity index (χ1n) is 6.98. The number of anilines is 1. The Morgan fingerprint density at radius 1 is 1.29 bits per heavy atom. The lowest BCUT2D eigenvalue weighted by Crippen LogP contribution is -2.13. The summed E-state index contributed by atoms with van der Waals surface area (Å²) in [4.78, 5) is 11.8. The van der Waals surface area contributed by atoms with Gasteiger partial charge in [-0.2, -0.15) is 0 Å². The summed E-state index contributed by atoms with van der Waals surface area (Å²) >= 11 is 1.14. The Morgan fingerprint density at radius 3 is 2.75 bits per heavy atom. The van der Waals surface area contributed by atoms with Crippen LogP contribution in [0.3, 0.4) is 0 Å². The Balaban J connectivity index is 1.56. The number of nitrogens with zero attached hydrogens (tertiary/aromatic N) is 3. The molecule has 9 heteroatoms. The molecule has 0 aliphatic rings. The summed E-state index contributed by atoms with van der Waals surface area (Å²) in [5, 5.41) is 14.5. The van der Waals surface area contributed by atoms with Gasteiger partial charge in [0, 0.05) is 11.6 Å². The normalized spacial score (nSPS) is 10.6. The number of rotatable bonds is 6. The van der Waals surface area contributed by atoms with Crippen LogP contribution in [0.5, 0.6) is 5.75 Å². The predicted octanol–water partition coefficient (Wildman–Crippen LogP) is 2.77. The molecule has 8 nitrogen and oxygen atoms in total. The van der Waals surface area contributed by atoms with Gasteiger partial charge in [-0.3, -0.25) is 10.1 Å². The Hall–Kier alpha value is -2.81. The molecule has 2 heterocycles. The molecule has 0 saturated carbocycles. The number of methoxy groups -OCH3 is 1. The zero-order valence-corrected chi connectivity index (χ0v) is 13.8. The van der Waals surface area contributed by atoms with E-state index in [1.807, 2.05) is 12.1 Å². The standard InChI is InChI=1S/C15H14N4O4S/c1-9-7-13(23-19-9)16-12(20)8-24-15-18-17-14(22-15)10-3-5-11(21-2)6-4-10/h3-7H,8H2,1-2H3,(H,16,20). The van der Waals surface area contributed by atoms with Crippen LogP contribution in [-0.4, -0.2) is 34.1 Å². The van der Waals surface area contributed by atoms with Crippen LogP contribution in [0.2, 0.25) is 0 Å². The molecule has 0 radical (unpaired) electrons. The van der Waals surface area contributed by atoms with Gasteiger partial charge < -0.3 is 13.7 Å². The summed E-state index contributed by atoms with van der Waals surface area (Å²) in [6, 6.07) is 8.88. The summed E-state index contributed by atoms with van der Waals surface area (Å²) in [6.07, 6.45) is 0. The van der Waals surface area contributed by atoms with Crippen molar-refractivity contribution in [1.29, 1.82) is 0 Å². The Labute approximate surface area is 141 Å². The molecule has 0 spiro atoms. The fourth-order valence-corrected chi connectivity index (χ4v) is 2.40. The first-order chi connectivity index (χ1) is 11.6. The van der Waals surface area contributed by atoms with Gasteiger partial charge in [0.1, 0.15) is 5.75 Å². The number of benzene rings is 1. The molecule has 124 valence electrons. The minimum absolute atomic E-state index is 0.115. The quantitative estimate of drug-likeness (QED) is 0.680. The van der Waals surface area contributed by atoms with Crippen molar-refractivity contribution in [3.8, 4) is 17.2 Å². The van der Waals surface area contributed by atoms with E-state index < -0.39 is 0 Å². The first-order valence-corrected chi connectivity index (χ1v) is 7.96. The van der Waals surface area contributed by atoms with Crippen molar-refractivity contribution in [2.75, 3.05) is 18.2 Å². The third-order valence-corrected chi connectivity index (χ3v) is 3.78. The van der Waals surface area contributed by atoms with E-state index in [0.29, 0.717) is 22.7 Å². The van der Waals surface area contributed by atoms with Crippen LogP contribution in [0, 0.1) is 6.92 Å². The minimum atomic E-state index is -0.250. The zero-order valence-electron chi connectivity index (χ0n) is 13.0. The highest BCUT2D eigenvalue weighted by molar-refractivity contribution is 7.99. The van der Waals surface area contributed by atoms with Crippen molar-refractivity contribution in [2.45, 2.75) is 12.1 Å². The van der Waals surface area contributed by atoms with Crippen LogP contribution in [0.25, 0.3) is 11.5 Å². The minimum Gasteiger partial charge on any atom is -0.497 e. The summed E-state index contributed by atoms with van der Waals surface area (Å²) < 4.78 is 15.5. The molecule has 1 N–H and O–H groups in total. The van der Waals surface area contributed by atoms with Crippen molar-refractivity contribution >= 4 is 23.6 Å². The number of hydrogen-bond acceptors (Lipinski definition) is 8. The van der Waals surface area contributed by atoms with Gasteiger partial charge in [-0.1, -0.05) is 16.9 Å². The van der Waals surface area contributed by atoms with Crippen molar-refractivity contribution in [2.24, 2.45) is 0 Å².